The van der Waals surface area contributed by atoms with Gasteiger partial charge in [0.05, 0.1) is 33.5 Å². The lowest BCUT2D eigenvalue weighted by molar-refractivity contribution is -0.0394. The van der Waals surface area contributed by atoms with Crippen LogP contribution in [0.25, 0.3) is 22.0 Å². The molecule has 1 aromatic carbocycles. The summed E-state index contributed by atoms with van der Waals surface area (Å²) in [6.07, 6.45) is 4.68. The molecule has 2 aliphatic rings. The molecule has 0 bridgehead atoms. The van der Waals surface area contributed by atoms with Crippen LogP contribution in [0.1, 0.15) is 36.0 Å². The van der Waals surface area contributed by atoms with Gasteiger partial charge in [-0.25, -0.2) is 9.48 Å². The average molecular weight is 634 g/mol. The fourth-order valence-electron chi connectivity index (χ4n) is 5.44. The smallest absolute Gasteiger partial charge is 0.412 e. The molecule has 1 saturated heterocycles. The maximum absolute atomic E-state index is 14.1. The molecule has 14 heteroatoms. The summed E-state index contributed by atoms with van der Waals surface area (Å²) in [4.78, 5) is 29.0. The second kappa shape index (κ2) is 12.3. The van der Waals surface area contributed by atoms with Gasteiger partial charge in [-0.2, -0.15) is 10.4 Å². The Bertz CT molecular complexity index is 1550. The van der Waals surface area contributed by atoms with Crippen LogP contribution in [-0.4, -0.2) is 77.5 Å². The number of rotatable bonds is 9. The first-order chi connectivity index (χ1) is 20.0. The van der Waals surface area contributed by atoms with Gasteiger partial charge in [0, 0.05) is 57.1 Å². The second-order valence-corrected chi connectivity index (χ2v) is 18.2. The van der Waals surface area contributed by atoms with Crippen LogP contribution < -0.4 is 4.90 Å². The Labute approximate surface area is 255 Å². The number of ether oxygens (including phenoxy) is 2. The summed E-state index contributed by atoms with van der Waals surface area (Å²) in [5.41, 5.74) is 2.00. The van der Waals surface area contributed by atoms with Crippen LogP contribution in [0.15, 0.2) is 18.5 Å². The average Bonchev–Trinajstić information content (AvgIpc) is 3.56. The van der Waals surface area contributed by atoms with Crippen LogP contribution in [0.2, 0.25) is 35.7 Å². The molecule has 4 heterocycles. The van der Waals surface area contributed by atoms with E-state index in [0.717, 1.165) is 30.2 Å². The Morgan fingerprint density at radius 2 is 2.10 bits per heavy atom. The SMILES string of the molecule is C[Si](C)(C)CCOCN1CCn2c(c(-c3cnn(C4CCCCO4)c3)c3c(N(CC#N)C(=O)O)cc(Cl)c(Cl)c32)C1=O. The van der Waals surface area contributed by atoms with E-state index in [9.17, 15) is 20.0 Å². The van der Waals surface area contributed by atoms with Crippen LogP contribution >= 0.6 is 23.2 Å². The monoisotopic (exact) mass is 632 g/mol. The Kier molecular flexibility index (Phi) is 8.87. The van der Waals surface area contributed by atoms with Crippen LogP contribution in [0, 0.1) is 11.3 Å². The highest BCUT2D eigenvalue weighted by atomic mass is 35.5. The molecule has 11 nitrogen and oxygen atoms in total. The first-order valence-electron chi connectivity index (χ1n) is 14.0. The number of hydrogen-bond acceptors (Lipinski definition) is 6. The molecule has 1 N–H and O–H groups in total. The minimum atomic E-state index is -1.33. The van der Waals surface area contributed by atoms with E-state index in [1.54, 1.807) is 20.3 Å². The summed E-state index contributed by atoms with van der Waals surface area (Å²) in [5, 5.41) is 24.8. The second-order valence-electron chi connectivity index (χ2n) is 11.8. The van der Waals surface area contributed by atoms with Gasteiger partial charge >= 0.3 is 6.09 Å². The Balaban J connectivity index is 1.68. The number of nitriles is 1. The largest absolute Gasteiger partial charge is 0.465 e. The van der Waals surface area contributed by atoms with Crippen molar-refractivity contribution >= 4 is 59.9 Å². The minimum Gasteiger partial charge on any atom is -0.465 e. The zero-order valence-electron chi connectivity index (χ0n) is 23.9. The molecule has 2 amide bonds. The number of aromatic nitrogens is 3. The summed E-state index contributed by atoms with van der Waals surface area (Å²) >= 11 is 13.3. The van der Waals surface area contributed by atoms with Crippen molar-refractivity contribution in [3.8, 4) is 17.2 Å². The predicted molar refractivity (Wildman–Crippen MR) is 163 cm³/mol. The lowest BCUT2D eigenvalue weighted by Gasteiger charge is -2.29. The number of carbonyl (C=O) groups is 2. The highest BCUT2D eigenvalue weighted by Crippen LogP contribution is 2.47. The Morgan fingerprint density at radius 3 is 2.76 bits per heavy atom. The van der Waals surface area contributed by atoms with Crippen molar-refractivity contribution in [2.75, 3.05) is 37.9 Å². The van der Waals surface area contributed by atoms with Crippen LogP contribution in [0.3, 0.4) is 0 Å². The summed E-state index contributed by atoms with van der Waals surface area (Å²) in [6, 6.07) is 4.32. The topological polar surface area (TPSA) is 126 Å². The number of benzene rings is 1. The van der Waals surface area contributed by atoms with Crippen molar-refractivity contribution in [2.45, 2.75) is 57.7 Å². The molecule has 0 aliphatic carbocycles. The first-order valence-corrected chi connectivity index (χ1v) is 18.4. The molecule has 0 radical (unpaired) electrons. The fourth-order valence-corrected chi connectivity index (χ4v) is 6.64. The third-order valence-electron chi connectivity index (χ3n) is 7.62. The maximum atomic E-state index is 14.1. The summed E-state index contributed by atoms with van der Waals surface area (Å²) in [6.45, 7) is 8.46. The molecule has 5 rings (SSSR count). The number of fused-ring (bicyclic) bond motifs is 3. The van der Waals surface area contributed by atoms with E-state index < -0.39 is 20.7 Å². The highest BCUT2D eigenvalue weighted by molar-refractivity contribution is 6.76. The van der Waals surface area contributed by atoms with Gasteiger partial charge in [-0.1, -0.05) is 42.8 Å². The molecule has 1 atom stereocenters. The predicted octanol–water partition coefficient (Wildman–Crippen LogP) is 6.29. The van der Waals surface area contributed by atoms with Gasteiger partial charge in [-0.3, -0.25) is 9.69 Å². The number of hydrogen-bond donors (Lipinski definition) is 1. The lowest BCUT2D eigenvalue weighted by Crippen LogP contribution is -2.41. The van der Waals surface area contributed by atoms with E-state index in [1.165, 1.54) is 6.07 Å². The normalized spacial score (nSPS) is 17.4. The highest BCUT2D eigenvalue weighted by Gasteiger charge is 2.36. The van der Waals surface area contributed by atoms with E-state index in [0.29, 0.717) is 54.0 Å². The molecule has 42 heavy (non-hydrogen) atoms. The van der Waals surface area contributed by atoms with Crippen molar-refractivity contribution < 1.29 is 24.2 Å². The number of anilines is 1. The van der Waals surface area contributed by atoms with Gasteiger partial charge < -0.3 is 24.0 Å². The van der Waals surface area contributed by atoms with Gasteiger partial charge in [-0.05, 0) is 31.4 Å². The van der Waals surface area contributed by atoms with Gasteiger partial charge in [0.25, 0.3) is 5.91 Å². The van der Waals surface area contributed by atoms with Gasteiger partial charge in [0.2, 0.25) is 0 Å². The van der Waals surface area contributed by atoms with Crippen LogP contribution in [-0.2, 0) is 16.0 Å². The third kappa shape index (κ3) is 5.89. The van der Waals surface area contributed by atoms with Crippen LogP contribution in [0.5, 0.6) is 0 Å². The van der Waals surface area contributed by atoms with Crippen molar-refractivity contribution in [3.63, 3.8) is 0 Å². The van der Waals surface area contributed by atoms with Crippen molar-refractivity contribution in [1.29, 1.82) is 5.26 Å². The molecule has 2 aromatic heterocycles. The standard InChI is InChI=1S/C28H34Cl2N6O5Si/c1-42(2,3)13-12-40-17-33-9-10-35-25-23(20(14-19(29)24(25)30)34(8-7-31)28(38)39)22(26(35)27(33)37)18-15-32-36(16-18)21-6-4-5-11-41-21/h14-16,21H,4-6,8-13,17H2,1-3H3,(H,38,39). The summed E-state index contributed by atoms with van der Waals surface area (Å²) in [7, 11) is -1.31. The van der Waals surface area contributed by atoms with Gasteiger partial charge in [-0.15, -0.1) is 0 Å². The fraction of sp³-hybridized carbons (Fsp3) is 0.500. The molecule has 1 unspecified atom stereocenters. The Morgan fingerprint density at radius 1 is 1.31 bits per heavy atom. The zero-order chi connectivity index (χ0) is 30.2. The number of nitrogens with zero attached hydrogens (tertiary/aromatic N) is 6. The first kappa shape index (κ1) is 30.4. The van der Waals surface area contributed by atoms with E-state index in [-0.39, 0.29) is 34.6 Å². The Hall–Kier alpha value is -3.08. The molecule has 2 aliphatic heterocycles. The quantitative estimate of drug-likeness (QED) is 0.167. The maximum Gasteiger partial charge on any atom is 0.412 e. The van der Waals surface area contributed by atoms with Crippen LogP contribution in [0.4, 0.5) is 10.5 Å². The summed E-state index contributed by atoms with van der Waals surface area (Å²) in [5.74, 6) is -0.276. The lowest BCUT2D eigenvalue weighted by atomic mass is 10.0. The van der Waals surface area contributed by atoms with Gasteiger partial charge in [0.1, 0.15) is 25.2 Å². The number of amides is 2. The number of halogens is 2. The van der Waals surface area contributed by atoms with E-state index >= 15 is 0 Å². The minimum absolute atomic E-state index is 0.117. The van der Waals surface area contributed by atoms with Crippen molar-refractivity contribution in [3.05, 3.63) is 34.2 Å². The molecule has 0 saturated carbocycles. The molecule has 224 valence electrons. The van der Waals surface area contributed by atoms with Crippen molar-refractivity contribution in [1.82, 2.24) is 19.2 Å². The third-order valence-corrected chi connectivity index (χ3v) is 10.1. The molecule has 0 spiro atoms. The van der Waals surface area contributed by atoms with E-state index in [2.05, 4.69) is 24.7 Å². The van der Waals surface area contributed by atoms with E-state index in [1.807, 2.05) is 12.3 Å². The molecular formula is C28H34Cl2N6O5Si. The molecule has 1 fully saturated rings. The van der Waals surface area contributed by atoms with Crippen molar-refractivity contribution in [2.24, 2.45) is 0 Å². The summed E-state index contributed by atoms with van der Waals surface area (Å²) < 4.78 is 15.4. The molecular weight excluding hydrogens is 599 g/mol. The van der Waals surface area contributed by atoms with Gasteiger partial charge in [0.15, 0.2) is 0 Å². The van der Waals surface area contributed by atoms with E-state index in [4.69, 9.17) is 32.7 Å². The molecule has 3 aromatic rings. The number of carbonyl (C=O) groups excluding carboxylic acids is 1. The number of carboxylic acid groups (broad SMARTS) is 1. The zero-order valence-corrected chi connectivity index (χ0v) is 26.4.